The predicted octanol–water partition coefficient (Wildman–Crippen LogP) is 3.36. The van der Waals surface area contributed by atoms with Gasteiger partial charge in [0.05, 0.1) is 0 Å². The van der Waals surface area contributed by atoms with E-state index in [0.29, 0.717) is 0 Å². The van der Waals surface area contributed by atoms with Gasteiger partial charge in [-0.2, -0.15) is 0 Å². The molecule has 0 atom stereocenters. The number of rotatable bonds is 5. The Hall–Kier alpha value is -1.02. The van der Waals surface area contributed by atoms with Crippen LogP contribution in [0.1, 0.15) is 38.8 Å². The lowest BCUT2D eigenvalue weighted by molar-refractivity contribution is 0.435. The van der Waals surface area contributed by atoms with Gasteiger partial charge in [0, 0.05) is 24.3 Å². The van der Waals surface area contributed by atoms with E-state index in [1.54, 1.807) is 0 Å². The lowest BCUT2D eigenvalue weighted by Gasteiger charge is -2.21. The van der Waals surface area contributed by atoms with Crippen LogP contribution in [-0.2, 0) is 6.42 Å². The Morgan fingerprint density at radius 1 is 1.12 bits per heavy atom. The molecule has 0 spiro atoms. The molecular formula is C15H26N2. The molecule has 0 aliphatic carbocycles. The van der Waals surface area contributed by atoms with Crippen molar-refractivity contribution in [3.05, 3.63) is 29.3 Å². The van der Waals surface area contributed by atoms with E-state index >= 15 is 0 Å². The second-order valence-corrected chi connectivity index (χ2v) is 5.57. The minimum Gasteiger partial charge on any atom is -0.383 e. The standard InChI is InChI=1S/C15H26N2/c1-6-13-9-7-8-12(2)14(13)16-10-11-17-15(3,4)5/h7-9,16-17H,6,10-11H2,1-5H3. The predicted molar refractivity (Wildman–Crippen MR) is 76.8 cm³/mol. The largest absolute Gasteiger partial charge is 0.383 e. The molecule has 1 aromatic rings. The molecule has 1 aromatic carbocycles. The number of benzene rings is 1. The summed E-state index contributed by atoms with van der Waals surface area (Å²) in [5.41, 5.74) is 4.24. The highest BCUT2D eigenvalue weighted by Gasteiger charge is 2.08. The summed E-state index contributed by atoms with van der Waals surface area (Å²) in [6.07, 6.45) is 1.08. The number of hydrogen-bond acceptors (Lipinski definition) is 2. The first-order valence-electron chi connectivity index (χ1n) is 6.51. The third kappa shape index (κ3) is 4.78. The Labute approximate surface area is 106 Å². The fraction of sp³-hybridized carbons (Fsp3) is 0.600. The van der Waals surface area contributed by atoms with E-state index in [0.717, 1.165) is 19.5 Å². The molecule has 0 aromatic heterocycles. The summed E-state index contributed by atoms with van der Waals surface area (Å²) in [5, 5.41) is 7.03. The maximum Gasteiger partial charge on any atom is 0.0402 e. The zero-order valence-corrected chi connectivity index (χ0v) is 11.9. The molecule has 17 heavy (non-hydrogen) atoms. The quantitative estimate of drug-likeness (QED) is 0.763. The van der Waals surface area contributed by atoms with Crippen molar-refractivity contribution in [3.8, 4) is 0 Å². The SMILES string of the molecule is CCc1cccc(C)c1NCCNC(C)(C)C. The van der Waals surface area contributed by atoms with Gasteiger partial charge in [-0.1, -0.05) is 25.1 Å². The topological polar surface area (TPSA) is 24.1 Å². The summed E-state index contributed by atoms with van der Waals surface area (Å²) in [6, 6.07) is 6.50. The third-order valence-electron chi connectivity index (χ3n) is 2.82. The van der Waals surface area contributed by atoms with Gasteiger partial charge in [0.2, 0.25) is 0 Å². The molecular weight excluding hydrogens is 208 g/mol. The zero-order valence-electron chi connectivity index (χ0n) is 11.9. The lowest BCUT2D eigenvalue weighted by atomic mass is 10.1. The fourth-order valence-electron chi connectivity index (χ4n) is 1.90. The zero-order chi connectivity index (χ0) is 12.9. The summed E-state index contributed by atoms with van der Waals surface area (Å²) < 4.78 is 0. The average molecular weight is 234 g/mol. The molecule has 2 nitrogen and oxygen atoms in total. The normalized spacial score (nSPS) is 11.6. The molecule has 0 radical (unpaired) electrons. The second kappa shape index (κ2) is 6.06. The van der Waals surface area contributed by atoms with Crippen LogP contribution in [-0.4, -0.2) is 18.6 Å². The molecule has 2 N–H and O–H groups in total. The molecule has 0 bridgehead atoms. The van der Waals surface area contributed by atoms with Gasteiger partial charge < -0.3 is 10.6 Å². The fourth-order valence-corrected chi connectivity index (χ4v) is 1.90. The number of nitrogens with one attached hydrogen (secondary N) is 2. The van der Waals surface area contributed by atoms with E-state index in [1.165, 1.54) is 16.8 Å². The molecule has 0 aliphatic rings. The van der Waals surface area contributed by atoms with Crippen LogP contribution in [0, 0.1) is 6.92 Å². The Kier molecular flexibility index (Phi) is 5.01. The summed E-state index contributed by atoms with van der Waals surface area (Å²) in [5.74, 6) is 0. The van der Waals surface area contributed by atoms with Crippen LogP contribution >= 0.6 is 0 Å². The lowest BCUT2D eigenvalue weighted by Crippen LogP contribution is -2.38. The first-order chi connectivity index (χ1) is 7.94. The van der Waals surface area contributed by atoms with Gasteiger partial charge in [0.15, 0.2) is 0 Å². The van der Waals surface area contributed by atoms with Gasteiger partial charge in [-0.3, -0.25) is 0 Å². The molecule has 0 saturated heterocycles. The van der Waals surface area contributed by atoms with Crippen molar-refractivity contribution in [2.24, 2.45) is 0 Å². The maximum absolute atomic E-state index is 3.54. The van der Waals surface area contributed by atoms with Crippen LogP contribution in [0.15, 0.2) is 18.2 Å². The molecule has 0 saturated carbocycles. The monoisotopic (exact) mass is 234 g/mol. The van der Waals surface area contributed by atoms with E-state index in [4.69, 9.17) is 0 Å². The first-order valence-corrected chi connectivity index (χ1v) is 6.51. The van der Waals surface area contributed by atoms with Crippen molar-refractivity contribution >= 4 is 5.69 Å². The summed E-state index contributed by atoms with van der Waals surface area (Å²) in [7, 11) is 0. The molecule has 96 valence electrons. The van der Waals surface area contributed by atoms with Crippen molar-refractivity contribution in [2.45, 2.75) is 46.6 Å². The summed E-state index contributed by atoms with van der Waals surface area (Å²) >= 11 is 0. The summed E-state index contributed by atoms with van der Waals surface area (Å²) in [4.78, 5) is 0. The molecule has 1 rings (SSSR count). The van der Waals surface area contributed by atoms with E-state index in [-0.39, 0.29) is 5.54 Å². The molecule has 0 fully saturated rings. The molecule has 2 heteroatoms. The molecule has 0 amide bonds. The molecule has 0 aliphatic heterocycles. The van der Waals surface area contributed by atoms with Crippen molar-refractivity contribution in [2.75, 3.05) is 18.4 Å². The van der Waals surface area contributed by atoms with Crippen molar-refractivity contribution in [3.63, 3.8) is 0 Å². The van der Waals surface area contributed by atoms with Crippen LogP contribution < -0.4 is 10.6 Å². The number of hydrogen-bond donors (Lipinski definition) is 2. The number of para-hydroxylation sites is 1. The van der Waals surface area contributed by atoms with Gasteiger partial charge in [-0.25, -0.2) is 0 Å². The van der Waals surface area contributed by atoms with Gasteiger partial charge in [-0.15, -0.1) is 0 Å². The minimum atomic E-state index is 0.195. The Balaban J connectivity index is 2.52. The van der Waals surface area contributed by atoms with Crippen LogP contribution in [0.2, 0.25) is 0 Å². The van der Waals surface area contributed by atoms with Crippen molar-refractivity contribution < 1.29 is 0 Å². The third-order valence-corrected chi connectivity index (χ3v) is 2.82. The number of anilines is 1. The maximum atomic E-state index is 3.54. The average Bonchev–Trinajstić information content (AvgIpc) is 2.24. The molecule has 0 heterocycles. The smallest absolute Gasteiger partial charge is 0.0402 e. The van der Waals surface area contributed by atoms with Crippen molar-refractivity contribution in [1.82, 2.24) is 5.32 Å². The summed E-state index contributed by atoms with van der Waals surface area (Å²) in [6.45, 7) is 12.9. The van der Waals surface area contributed by atoms with Crippen LogP contribution in [0.25, 0.3) is 0 Å². The van der Waals surface area contributed by atoms with E-state index in [9.17, 15) is 0 Å². The minimum absolute atomic E-state index is 0.195. The highest BCUT2D eigenvalue weighted by Crippen LogP contribution is 2.20. The Bertz CT molecular complexity index is 350. The van der Waals surface area contributed by atoms with Gasteiger partial charge in [-0.05, 0) is 45.2 Å². The highest BCUT2D eigenvalue weighted by molar-refractivity contribution is 5.57. The Morgan fingerprint density at radius 2 is 1.82 bits per heavy atom. The second-order valence-electron chi connectivity index (χ2n) is 5.57. The van der Waals surface area contributed by atoms with Crippen molar-refractivity contribution in [1.29, 1.82) is 0 Å². The van der Waals surface area contributed by atoms with Gasteiger partial charge >= 0.3 is 0 Å². The van der Waals surface area contributed by atoms with E-state index in [1.807, 2.05) is 0 Å². The Morgan fingerprint density at radius 3 is 2.41 bits per heavy atom. The van der Waals surface area contributed by atoms with Gasteiger partial charge in [0.25, 0.3) is 0 Å². The van der Waals surface area contributed by atoms with Crippen LogP contribution in [0.3, 0.4) is 0 Å². The van der Waals surface area contributed by atoms with Crippen LogP contribution in [0.5, 0.6) is 0 Å². The highest BCUT2D eigenvalue weighted by atomic mass is 15.0. The first kappa shape index (κ1) is 14.0. The molecule has 0 unspecified atom stereocenters. The van der Waals surface area contributed by atoms with E-state index in [2.05, 4.69) is 63.5 Å². The van der Waals surface area contributed by atoms with Crippen LogP contribution in [0.4, 0.5) is 5.69 Å². The van der Waals surface area contributed by atoms with E-state index < -0.39 is 0 Å². The number of aryl methyl sites for hydroxylation is 2. The van der Waals surface area contributed by atoms with Gasteiger partial charge in [0.1, 0.15) is 0 Å².